The fraction of sp³-hybridized carbons (Fsp3) is 0. The highest BCUT2D eigenvalue weighted by atomic mass is 32.1. The van der Waals surface area contributed by atoms with E-state index in [9.17, 15) is 0 Å². The molecule has 60 heavy (non-hydrogen) atoms. The van der Waals surface area contributed by atoms with Crippen LogP contribution in [0.3, 0.4) is 0 Å². The topological polar surface area (TPSA) is 51.6 Å². The van der Waals surface area contributed by atoms with Gasteiger partial charge in [-0.25, -0.2) is 15.0 Å². The Balaban J connectivity index is 1.12. The van der Waals surface area contributed by atoms with Crippen LogP contribution in [0.15, 0.2) is 194 Å². The van der Waals surface area contributed by atoms with Crippen molar-refractivity contribution in [1.82, 2.24) is 19.9 Å². The normalized spacial score (nSPS) is 11.7. The van der Waals surface area contributed by atoms with E-state index in [4.69, 9.17) is 15.0 Å². The van der Waals surface area contributed by atoms with Gasteiger partial charge in [0.25, 0.3) is 0 Å². The molecule has 0 spiro atoms. The minimum absolute atomic E-state index is 0.603. The van der Waals surface area contributed by atoms with Crippen molar-refractivity contribution in [1.29, 1.82) is 0 Å². The summed E-state index contributed by atoms with van der Waals surface area (Å²) in [5.41, 5.74) is 9.26. The van der Waals surface area contributed by atoms with E-state index >= 15 is 0 Å². The molecule has 280 valence electrons. The third kappa shape index (κ3) is 5.96. The van der Waals surface area contributed by atoms with Crippen molar-refractivity contribution >= 4 is 73.8 Å². The average Bonchev–Trinajstić information content (AvgIpc) is 3.89. The van der Waals surface area contributed by atoms with Crippen LogP contribution in [0.5, 0.6) is 0 Å². The van der Waals surface area contributed by atoms with Gasteiger partial charge in [0, 0.05) is 75.0 Å². The van der Waals surface area contributed by atoms with Crippen LogP contribution in [-0.2, 0) is 0 Å². The van der Waals surface area contributed by atoms with Gasteiger partial charge in [-0.1, -0.05) is 121 Å². The number of aromatic nitrogens is 4. The number of rotatable bonds is 6. The highest BCUT2D eigenvalue weighted by Crippen LogP contribution is 2.41. The summed E-state index contributed by atoms with van der Waals surface area (Å²) in [7, 11) is 0. The third-order valence-electron chi connectivity index (χ3n) is 11.4. The molecule has 0 amide bonds. The fourth-order valence-corrected chi connectivity index (χ4v) is 10.7. The Bertz CT molecular complexity index is 3490. The van der Waals surface area contributed by atoms with E-state index in [0.29, 0.717) is 17.5 Å². The Labute approximate surface area is 353 Å². The quantitative estimate of drug-likeness (QED) is 0.168. The summed E-state index contributed by atoms with van der Waals surface area (Å²) in [5.74, 6) is 1.83. The average molecular weight is 801 g/mol. The second kappa shape index (κ2) is 14.2. The standard InChI is InChI=1S/C54H32N4S2/c1-2-14-40-33(11-1)12-9-19-45(40)54-57-52(56-53(58-54)44-18-4-3-15-41(44)36-13-10-26-55-32-36)39-28-37(34-22-24-50-46(30-34)42-16-5-7-20-48(42)59-50)27-38(29-39)35-23-25-51-47(31-35)43-17-6-8-21-49(43)60-51/h1-32H. The van der Waals surface area contributed by atoms with Crippen LogP contribution in [0, 0.1) is 0 Å². The first-order valence-electron chi connectivity index (χ1n) is 19.9. The molecular formula is C54H32N4S2. The first-order chi connectivity index (χ1) is 29.7. The van der Waals surface area contributed by atoms with Crippen LogP contribution < -0.4 is 0 Å². The first-order valence-corrected chi connectivity index (χ1v) is 21.6. The zero-order valence-electron chi connectivity index (χ0n) is 32.1. The zero-order chi connectivity index (χ0) is 39.6. The minimum atomic E-state index is 0.603. The van der Waals surface area contributed by atoms with E-state index in [1.54, 1.807) is 6.20 Å². The van der Waals surface area contributed by atoms with Crippen molar-refractivity contribution in [2.75, 3.05) is 0 Å². The van der Waals surface area contributed by atoms with Crippen molar-refractivity contribution in [3.8, 4) is 67.5 Å². The summed E-state index contributed by atoms with van der Waals surface area (Å²) in [6, 6.07) is 65.0. The van der Waals surface area contributed by atoms with Crippen molar-refractivity contribution < 1.29 is 0 Å². The SMILES string of the molecule is c1cncc(-c2ccccc2-c2nc(-c3cc(-c4ccc5sc6ccccc6c5c4)cc(-c4ccc5sc6ccccc6c5c4)c3)nc(-c3cccc4ccccc34)n2)c1. The predicted octanol–water partition coefficient (Wildman–Crippen LogP) is 15.2. The molecule has 0 saturated heterocycles. The van der Waals surface area contributed by atoms with Crippen molar-refractivity contribution in [2.45, 2.75) is 0 Å². The molecule has 0 bridgehead atoms. The smallest absolute Gasteiger partial charge is 0.164 e. The predicted molar refractivity (Wildman–Crippen MR) is 254 cm³/mol. The van der Waals surface area contributed by atoms with Gasteiger partial charge in [-0.2, -0.15) is 0 Å². The van der Waals surface area contributed by atoms with E-state index in [1.807, 2.05) is 41.0 Å². The van der Waals surface area contributed by atoms with Gasteiger partial charge in [0.2, 0.25) is 0 Å². The molecule has 8 aromatic carbocycles. The molecular weight excluding hydrogens is 769 g/mol. The van der Waals surface area contributed by atoms with Gasteiger partial charge in [-0.3, -0.25) is 4.98 Å². The number of hydrogen-bond acceptors (Lipinski definition) is 6. The molecule has 0 unspecified atom stereocenters. The van der Waals surface area contributed by atoms with E-state index in [-0.39, 0.29) is 0 Å². The van der Waals surface area contributed by atoms with E-state index in [1.165, 1.54) is 40.3 Å². The number of thiophene rings is 2. The largest absolute Gasteiger partial charge is 0.264 e. The lowest BCUT2D eigenvalue weighted by Crippen LogP contribution is -2.02. The van der Waals surface area contributed by atoms with Gasteiger partial charge in [0.05, 0.1) is 0 Å². The lowest BCUT2D eigenvalue weighted by molar-refractivity contribution is 1.08. The molecule has 6 heteroatoms. The van der Waals surface area contributed by atoms with E-state index in [2.05, 4.69) is 175 Å². The Morgan fingerprint density at radius 2 is 0.817 bits per heavy atom. The summed E-state index contributed by atoms with van der Waals surface area (Å²) < 4.78 is 5.14. The summed E-state index contributed by atoms with van der Waals surface area (Å²) in [5, 5.41) is 7.30. The first kappa shape index (κ1) is 34.6. The Kier molecular flexibility index (Phi) is 8.18. The lowest BCUT2D eigenvalue weighted by atomic mass is 9.94. The molecule has 0 fully saturated rings. The molecule has 0 aliphatic rings. The van der Waals surface area contributed by atoms with Gasteiger partial charge in [0.15, 0.2) is 17.5 Å². The fourth-order valence-electron chi connectivity index (χ4n) is 8.52. The van der Waals surface area contributed by atoms with Crippen LogP contribution >= 0.6 is 22.7 Å². The highest BCUT2D eigenvalue weighted by Gasteiger charge is 2.19. The third-order valence-corrected chi connectivity index (χ3v) is 13.7. The lowest BCUT2D eigenvalue weighted by Gasteiger charge is -2.14. The monoisotopic (exact) mass is 800 g/mol. The second-order valence-electron chi connectivity index (χ2n) is 15.0. The number of hydrogen-bond donors (Lipinski definition) is 0. The maximum atomic E-state index is 5.36. The van der Waals surface area contributed by atoms with Gasteiger partial charge in [-0.15, -0.1) is 22.7 Å². The van der Waals surface area contributed by atoms with E-state index < -0.39 is 0 Å². The molecule has 0 saturated carbocycles. The number of nitrogens with zero attached hydrogens (tertiary/aromatic N) is 4. The van der Waals surface area contributed by atoms with Crippen LogP contribution in [-0.4, -0.2) is 19.9 Å². The second-order valence-corrected chi connectivity index (χ2v) is 17.2. The molecule has 4 aromatic heterocycles. The van der Waals surface area contributed by atoms with Gasteiger partial charge >= 0.3 is 0 Å². The Hall–Kier alpha value is -7.38. The number of pyridine rings is 1. The molecule has 0 aliphatic heterocycles. The number of fused-ring (bicyclic) bond motifs is 7. The molecule has 0 radical (unpaired) electrons. The van der Waals surface area contributed by atoms with Crippen molar-refractivity contribution in [3.63, 3.8) is 0 Å². The number of benzene rings is 8. The molecule has 0 N–H and O–H groups in total. The van der Waals surface area contributed by atoms with Gasteiger partial charge < -0.3 is 0 Å². The maximum Gasteiger partial charge on any atom is 0.164 e. The molecule has 4 heterocycles. The summed E-state index contributed by atoms with van der Waals surface area (Å²) >= 11 is 3.68. The summed E-state index contributed by atoms with van der Waals surface area (Å²) in [6.45, 7) is 0. The van der Waals surface area contributed by atoms with Crippen LogP contribution in [0.1, 0.15) is 0 Å². The van der Waals surface area contributed by atoms with Gasteiger partial charge in [0.1, 0.15) is 0 Å². The Morgan fingerprint density at radius 1 is 0.300 bits per heavy atom. The van der Waals surface area contributed by atoms with Crippen molar-refractivity contribution in [2.24, 2.45) is 0 Å². The highest BCUT2D eigenvalue weighted by molar-refractivity contribution is 7.26. The van der Waals surface area contributed by atoms with E-state index in [0.717, 1.165) is 60.8 Å². The summed E-state index contributed by atoms with van der Waals surface area (Å²) in [4.78, 5) is 20.4. The Morgan fingerprint density at radius 3 is 1.48 bits per heavy atom. The van der Waals surface area contributed by atoms with Crippen LogP contribution in [0.2, 0.25) is 0 Å². The zero-order valence-corrected chi connectivity index (χ0v) is 33.7. The molecule has 12 aromatic rings. The molecule has 12 rings (SSSR count). The van der Waals surface area contributed by atoms with Crippen LogP contribution in [0.4, 0.5) is 0 Å². The van der Waals surface area contributed by atoms with Crippen LogP contribution in [0.25, 0.3) is 119 Å². The molecule has 4 nitrogen and oxygen atoms in total. The molecule has 0 aliphatic carbocycles. The maximum absolute atomic E-state index is 5.36. The molecule has 0 atom stereocenters. The summed E-state index contributed by atoms with van der Waals surface area (Å²) in [6.07, 6.45) is 3.69. The minimum Gasteiger partial charge on any atom is -0.264 e. The van der Waals surface area contributed by atoms with Gasteiger partial charge in [-0.05, 0) is 99.3 Å². The van der Waals surface area contributed by atoms with Crippen molar-refractivity contribution in [3.05, 3.63) is 194 Å².